The average molecular weight is 854 g/mol. The highest BCUT2D eigenvalue weighted by atomic mass is 32.2. The fraction of sp³-hybridized carbons (Fsp3) is 0.591. The van der Waals surface area contributed by atoms with E-state index in [2.05, 4.69) is 5.32 Å². The maximum Gasteiger partial charge on any atom is 0.338 e. The van der Waals surface area contributed by atoms with Crippen molar-refractivity contribution in [2.45, 2.75) is 128 Å². The van der Waals surface area contributed by atoms with Crippen LogP contribution in [0.5, 0.6) is 0 Å². The fourth-order valence-corrected chi connectivity index (χ4v) is 10.9. The van der Waals surface area contributed by atoms with Gasteiger partial charge in [-0.15, -0.1) is 0 Å². The Bertz CT molecular complexity index is 2020. The summed E-state index contributed by atoms with van der Waals surface area (Å²) in [4.78, 5) is 83.0. The monoisotopic (exact) mass is 853 g/mol. The first-order valence-corrected chi connectivity index (χ1v) is 21.3. The lowest BCUT2D eigenvalue weighted by atomic mass is 9.43. The summed E-state index contributed by atoms with van der Waals surface area (Å²) in [7, 11) is 0. The Labute approximate surface area is 352 Å². The van der Waals surface area contributed by atoms with Crippen LogP contribution in [-0.4, -0.2) is 104 Å². The van der Waals surface area contributed by atoms with Gasteiger partial charge in [-0.3, -0.25) is 19.2 Å². The van der Waals surface area contributed by atoms with Gasteiger partial charge in [0.2, 0.25) is 0 Å². The van der Waals surface area contributed by atoms with E-state index in [1.807, 2.05) is 6.92 Å². The van der Waals surface area contributed by atoms with Gasteiger partial charge in [0.25, 0.3) is 5.24 Å². The number of hydrogen-bond acceptors (Lipinski definition) is 15. The lowest BCUT2D eigenvalue weighted by molar-refractivity contribution is -0.345. The number of nitrogens with one attached hydrogen (secondary N) is 1. The molecule has 11 atom stereocenters. The van der Waals surface area contributed by atoms with Gasteiger partial charge in [0.15, 0.2) is 11.7 Å². The zero-order chi connectivity index (χ0) is 43.9. The van der Waals surface area contributed by atoms with Crippen LogP contribution < -0.4 is 5.32 Å². The number of hydrogen-bond donors (Lipinski definition) is 4. The molecule has 0 spiro atoms. The Kier molecular flexibility index (Phi) is 12.9. The number of furan rings is 1. The van der Waals surface area contributed by atoms with Crippen molar-refractivity contribution in [1.82, 2.24) is 5.32 Å². The third-order valence-electron chi connectivity index (χ3n) is 13.2. The molecule has 1 amide bonds. The molecule has 16 heteroatoms. The fourth-order valence-electron chi connectivity index (χ4n) is 10.1. The standard InChI is InChI=1S/C44H55NO14S/c1-8-9-18-60-40(53)45-33(28-16-13-17-55-28)34(49)39(52)57-29-21-44(54)37(58-38(51)26-14-11-10-12-15-26)35-42(7,30(48)20-31-43(35,22-56-31)59-25(4)47)36(50)27(19-23(2)46)32(24(29)3)41(44,5)6/h10-17,27,29-31,33-35,37,48-49,54H,8-9,18-22H2,1-7H3,(H,45,53)/t27-,29+,30+,31-,33+,34-,35+,37+,42-,43+,44-/m1/s1. The second kappa shape index (κ2) is 17.2. The summed E-state index contributed by atoms with van der Waals surface area (Å²) in [6.45, 7) is 10.5. The number of esters is 3. The predicted molar refractivity (Wildman–Crippen MR) is 215 cm³/mol. The maximum absolute atomic E-state index is 15.5. The van der Waals surface area contributed by atoms with Gasteiger partial charge in [0.05, 0.1) is 35.9 Å². The highest BCUT2D eigenvalue weighted by molar-refractivity contribution is 8.13. The molecule has 2 bridgehead atoms. The van der Waals surface area contributed by atoms with Crippen molar-refractivity contribution in [3.05, 3.63) is 71.2 Å². The van der Waals surface area contributed by atoms with Crippen LogP contribution in [0, 0.1) is 22.7 Å². The lowest BCUT2D eigenvalue weighted by Gasteiger charge is -2.67. The molecule has 15 nitrogen and oxygen atoms in total. The van der Waals surface area contributed by atoms with E-state index in [1.165, 1.54) is 51.3 Å². The highest BCUT2D eigenvalue weighted by Gasteiger charge is 2.78. The Morgan fingerprint density at radius 2 is 1.73 bits per heavy atom. The highest BCUT2D eigenvalue weighted by Crippen LogP contribution is 2.65. The molecule has 2 heterocycles. The number of aliphatic hydroxyl groups excluding tert-OH is 2. The molecule has 2 aromatic rings. The molecule has 326 valence electrons. The SMILES string of the molecule is CCCCSC(=O)N[C@@H](c1ccco1)[C@@H](O)C(=O)O[C@H]1C[C@@]2(O)[C@@H](OC(=O)c3ccccc3)[C@@H]3[C@]4(OC(C)=O)CO[C@@H]4C[C@H](O)[C@@]3(C)C(=O)[C@H](CC(C)=O)C(=C1C)C2(C)C. The lowest BCUT2D eigenvalue weighted by Crippen LogP contribution is -2.81. The molecule has 6 rings (SSSR count). The van der Waals surface area contributed by atoms with Crippen LogP contribution in [0.3, 0.4) is 0 Å². The van der Waals surface area contributed by atoms with E-state index in [0.29, 0.717) is 11.3 Å². The van der Waals surface area contributed by atoms with Gasteiger partial charge >= 0.3 is 17.9 Å². The van der Waals surface area contributed by atoms with Crippen molar-refractivity contribution >= 4 is 46.5 Å². The summed E-state index contributed by atoms with van der Waals surface area (Å²) in [6.07, 6.45) is -5.77. The maximum atomic E-state index is 15.5. The zero-order valence-electron chi connectivity index (χ0n) is 34.9. The molecule has 3 aliphatic carbocycles. The van der Waals surface area contributed by atoms with Gasteiger partial charge in [0, 0.05) is 43.3 Å². The third-order valence-corrected chi connectivity index (χ3v) is 14.1. The van der Waals surface area contributed by atoms with Gasteiger partial charge in [-0.2, -0.15) is 0 Å². The van der Waals surface area contributed by atoms with Crippen molar-refractivity contribution < 1.29 is 67.5 Å². The zero-order valence-corrected chi connectivity index (χ0v) is 35.7. The number of aliphatic hydroxyl groups is 3. The number of unbranched alkanes of at least 4 members (excludes halogenated alkanes) is 1. The Hall–Kier alpha value is -4.35. The molecule has 4 N–H and O–H groups in total. The second-order valence-corrected chi connectivity index (χ2v) is 18.3. The first kappa shape index (κ1) is 45.2. The molecular weight excluding hydrogens is 799 g/mol. The van der Waals surface area contributed by atoms with Crippen LogP contribution in [0.2, 0.25) is 0 Å². The van der Waals surface area contributed by atoms with Crippen LogP contribution in [0.15, 0.2) is 64.3 Å². The van der Waals surface area contributed by atoms with E-state index >= 15 is 4.79 Å². The van der Waals surface area contributed by atoms with Crippen LogP contribution in [0.4, 0.5) is 4.79 Å². The normalized spacial score (nSPS) is 32.7. The minimum atomic E-state index is -2.31. The summed E-state index contributed by atoms with van der Waals surface area (Å²) in [6, 6.07) is 9.54. The van der Waals surface area contributed by atoms with Crippen molar-refractivity contribution in [2.24, 2.45) is 22.7 Å². The van der Waals surface area contributed by atoms with E-state index in [9.17, 15) is 39.3 Å². The summed E-state index contributed by atoms with van der Waals surface area (Å²) in [5, 5.41) is 39.4. The smallest absolute Gasteiger partial charge is 0.338 e. The molecular formula is C44H55NO14S. The van der Waals surface area contributed by atoms with Crippen molar-refractivity contribution in [1.29, 1.82) is 0 Å². The summed E-state index contributed by atoms with van der Waals surface area (Å²) in [5.41, 5.74) is -6.88. The molecule has 1 aromatic heterocycles. The topological polar surface area (TPSA) is 225 Å². The van der Waals surface area contributed by atoms with Gasteiger partial charge in [-0.1, -0.05) is 57.2 Å². The van der Waals surface area contributed by atoms with Gasteiger partial charge in [0.1, 0.15) is 47.3 Å². The van der Waals surface area contributed by atoms with Gasteiger partial charge in [-0.25, -0.2) is 9.59 Å². The number of ether oxygens (including phenoxy) is 4. The van der Waals surface area contributed by atoms with Gasteiger partial charge < -0.3 is 44.0 Å². The summed E-state index contributed by atoms with van der Waals surface area (Å²) in [5.74, 6) is -6.12. The van der Waals surface area contributed by atoms with E-state index in [4.69, 9.17) is 23.4 Å². The average Bonchev–Trinajstić information content (AvgIpc) is 3.73. The number of ketones is 2. The molecule has 0 unspecified atom stereocenters. The first-order chi connectivity index (χ1) is 28.2. The van der Waals surface area contributed by atoms with Crippen LogP contribution in [0.1, 0.15) is 103 Å². The first-order valence-electron chi connectivity index (χ1n) is 20.3. The minimum absolute atomic E-state index is 0.0655. The van der Waals surface area contributed by atoms with Crippen molar-refractivity contribution in [2.75, 3.05) is 12.4 Å². The molecule has 60 heavy (non-hydrogen) atoms. The summed E-state index contributed by atoms with van der Waals surface area (Å²) >= 11 is 0.978. The second-order valence-electron chi connectivity index (χ2n) is 17.2. The Morgan fingerprint density at radius 1 is 1.03 bits per heavy atom. The molecule has 3 fully saturated rings. The van der Waals surface area contributed by atoms with Crippen LogP contribution in [0.25, 0.3) is 0 Å². The molecule has 0 radical (unpaired) electrons. The number of carbonyl (C=O) groups excluding carboxylic acids is 6. The van der Waals surface area contributed by atoms with Crippen molar-refractivity contribution in [3.63, 3.8) is 0 Å². The van der Waals surface area contributed by atoms with E-state index in [-0.39, 0.29) is 36.3 Å². The van der Waals surface area contributed by atoms with E-state index in [0.717, 1.165) is 24.6 Å². The van der Waals surface area contributed by atoms with Crippen molar-refractivity contribution in [3.8, 4) is 0 Å². The molecule has 1 aliphatic heterocycles. The number of Topliss-reactive ketones (excluding diaryl/α,β-unsaturated/α-hetero) is 2. The number of rotatable bonds is 13. The van der Waals surface area contributed by atoms with Gasteiger partial charge in [-0.05, 0) is 62.6 Å². The minimum Gasteiger partial charge on any atom is -0.467 e. The third kappa shape index (κ3) is 7.74. The van der Waals surface area contributed by atoms with E-state index < -0.39 is 112 Å². The van der Waals surface area contributed by atoms with Crippen LogP contribution in [-0.2, 0) is 38.1 Å². The predicted octanol–water partition coefficient (Wildman–Crippen LogP) is 4.81. The molecule has 1 aromatic carbocycles. The largest absolute Gasteiger partial charge is 0.467 e. The number of fused-ring (bicyclic) bond motifs is 5. The Balaban J connectivity index is 1.52. The molecule has 4 aliphatic rings. The molecule has 2 saturated carbocycles. The summed E-state index contributed by atoms with van der Waals surface area (Å²) < 4.78 is 29.9. The number of carbonyl (C=O) groups is 6. The molecule has 1 saturated heterocycles. The number of amides is 1. The Morgan fingerprint density at radius 3 is 2.32 bits per heavy atom. The number of benzene rings is 1. The van der Waals surface area contributed by atoms with E-state index in [1.54, 1.807) is 39.0 Å². The number of thioether (sulfide) groups is 1. The quantitative estimate of drug-likeness (QED) is 0.0919. The van der Waals surface area contributed by atoms with Crippen LogP contribution >= 0.6 is 11.8 Å².